The van der Waals surface area contributed by atoms with Gasteiger partial charge in [-0.3, -0.25) is 0 Å². The van der Waals surface area contributed by atoms with Crippen LogP contribution in [0.25, 0.3) is 0 Å². The van der Waals surface area contributed by atoms with Crippen molar-refractivity contribution in [1.29, 1.82) is 0 Å². The molecule has 0 heterocycles. The summed E-state index contributed by atoms with van der Waals surface area (Å²) in [5, 5.41) is 13.2. The first kappa shape index (κ1) is 15.4. The van der Waals surface area contributed by atoms with Crippen molar-refractivity contribution in [2.45, 2.75) is 26.9 Å². The lowest BCUT2D eigenvalue weighted by Crippen LogP contribution is -2.26. The molecule has 2 aromatic rings. The number of aliphatic hydroxyl groups is 1. The summed E-state index contributed by atoms with van der Waals surface area (Å²) in [6, 6.07) is 14.1. The fourth-order valence-corrected chi connectivity index (χ4v) is 2.20. The Labute approximate surface area is 126 Å². The standard InChI is InChI=1S/C18H23NO2/c1-13-5-4-6-16(10-13)19-11-17(20)12-21-18-8-7-14(2)9-15(18)3/h4-10,17,19-20H,11-12H2,1-3H3. The van der Waals surface area contributed by atoms with E-state index in [1.165, 1.54) is 11.1 Å². The molecule has 0 aliphatic rings. The predicted molar refractivity (Wildman–Crippen MR) is 87.1 cm³/mol. The summed E-state index contributed by atoms with van der Waals surface area (Å²) in [6.07, 6.45) is -0.550. The summed E-state index contributed by atoms with van der Waals surface area (Å²) >= 11 is 0. The Balaban J connectivity index is 1.80. The molecule has 0 aromatic heterocycles. The van der Waals surface area contributed by atoms with Gasteiger partial charge in [-0.1, -0.05) is 29.8 Å². The molecule has 2 rings (SSSR count). The molecule has 0 bridgehead atoms. The second-order valence-corrected chi connectivity index (χ2v) is 5.48. The first-order chi connectivity index (χ1) is 10.0. The fraction of sp³-hybridized carbons (Fsp3) is 0.333. The Morgan fingerprint density at radius 2 is 1.81 bits per heavy atom. The molecule has 1 unspecified atom stereocenters. The predicted octanol–water partition coefficient (Wildman–Crippen LogP) is 3.46. The van der Waals surface area contributed by atoms with Gasteiger partial charge in [-0.05, 0) is 50.1 Å². The minimum Gasteiger partial charge on any atom is -0.491 e. The summed E-state index contributed by atoms with van der Waals surface area (Å²) in [4.78, 5) is 0. The molecule has 21 heavy (non-hydrogen) atoms. The summed E-state index contributed by atoms with van der Waals surface area (Å²) in [5.74, 6) is 0.829. The van der Waals surface area contributed by atoms with E-state index >= 15 is 0 Å². The third-order valence-corrected chi connectivity index (χ3v) is 3.32. The molecule has 112 valence electrons. The Kier molecular flexibility index (Phi) is 5.23. The van der Waals surface area contributed by atoms with Gasteiger partial charge in [0.15, 0.2) is 0 Å². The van der Waals surface area contributed by atoms with E-state index < -0.39 is 6.10 Å². The molecule has 0 spiro atoms. The van der Waals surface area contributed by atoms with E-state index in [4.69, 9.17) is 4.74 Å². The third kappa shape index (κ3) is 4.80. The molecule has 0 aliphatic carbocycles. The lowest BCUT2D eigenvalue weighted by molar-refractivity contribution is 0.117. The normalized spacial score (nSPS) is 12.0. The number of benzene rings is 2. The molecule has 3 heteroatoms. The van der Waals surface area contributed by atoms with E-state index in [1.54, 1.807) is 0 Å². The molecule has 2 N–H and O–H groups in total. The van der Waals surface area contributed by atoms with Crippen LogP contribution >= 0.6 is 0 Å². The van der Waals surface area contributed by atoms with Gasteiger partial charge in [0.2, 0.25) is 0 Å². The van der Waals surface area contributed by atoms with Crippen LogP contribution in [0.4, 0.5) is 5.69 Å². The minimum atomic E-state index is -0.550. The summed E-state index contributed by atoms with van der Waals surface area (Å²) in [5.41, 5.74) is 4.51. The van der Waals surface area contributed by atoms with E-state index in [0.717, 1.165) is 17.0 Å². The fourth-order valence-electron chi connectivity index (χ4n) is 2.20. The van der Waals surface area contributed by atoms with Crippen LogP contribution in [-0.2, 0) is 0 Å². The summed E-state index contributed by atoms with van der Waals surface area (Å²) in [6.45, 7) is 6.86. The van der Waals surface area contributed by atoms with Crippen LogP contribution in [0.15, 0.2) is 42.5 Å². The van der Waals surface area contributed by atoms with E-state index in [2.05, 4.69) is 24.4 Å². The Morgan fingerprint density at radius 3 is 2.52 bits per heavy atom. The van der Waals surface area contributed by atoms with Crippen molar-refractivity contribution in [3.05, 3.63) is 59.2 Å². The maximum Gasteiger partial charge on any atom is 0.122 e. The van der Waals surface area contributed by atoms with Gasteiger partial charge in [0, 0.05) is 12.2 Å². The van der Waals surface area contributed by atoms with Crippen molar-refractivity contribution in [2.24, 2.45) is 0 Å². The number of aryl methyl sites for hydroxylation is 3. The maximum atomic E-state index is 10.00. The SMILES string of the molecule is Cc1cccc(NCC(O)COc2ccc(C)cc2C)c1. The van der Waals surface area contributed by atoms with Crippen molar-refractivity contribution in [2.75, 3.05) is 18.5 Å². The number of nitrogens with one attached hydrogen (secondary N) is 1. The van der Waals surface area contributed by atoms with Crippen LogP contribution in [0.1, 0.15) is 16.7 Å². The smallest absolute Gasteiger partial charge is 0.122 e. The van der Waals surface area contributed by atoms with Crippen LogP contribution in [0.2, 0.25) is 0 Å². The minimum absolute atomic E-state index is 0.280. The molecule has 3 nitrogen and oxygen atoms in total. The van der Waals surface area contributed by atoms with Gasteiger partial charge >= 0.3 is 0 Å². The number of hydrogen-bond acceptors (Lipinski definition) is 3. The van der Waals surface area contributed by atoms with Crippen LogP contribution in [0, 0.1) is 20.8 Å². The van der Waals surface area contributed by atoms with Gasteiger partial charge in [-0.2, -0.15) is 0 Å². The highest BCUT2D eigenvalue weighted by Gasteiger charge is 2.07. The first-order valence-electron chi connectivity index (χ1n) is 7.23. The van der Waals surface area contributed by atoms with Gasteiger partial charge in [0.05, 0.1) is 0 Å². The highest BCUT2D eigenvalue weighted by atomic mass is 16.5. The molecule has 2 aromatic carbocycles. The van der Waals surface area contributed by atoms with Crippen molar-refractivity contribution >= 4 is 5.69 Å². The number of aliphatic hydroxyl groups excluding tert-OH is 1. The van der Waals surface area contributed by atoms with Crippen molar-refractivity contribution < 1.29 is 9.84 Å². The third-order valence-electron chi connectivity index (χ3n) is 3.32. The van der Waals surface area contributed by atoms with E-state index in [0.29, 0.717) is 6.54 Å². The molecular formula is C18H23NO2. The zero-order valence-electron chi connectivity index (χ0n) is 12.9. The lowest BCUT2D eigenvalue weighted by Gasteiger charge is -2.15. The number of rotatable bonds is 6. The van der Waals surface area contributed by atoms with Crippen molar-refractivity contribution in [3.8, 4) is 5.75 Å². The monoisotopic (exact) mass is 285 g/mol. The van der Waals surface area contributed by atoms with Crippen LogP contribution in [0.3, 0.4) is 0 Å². The van der Waals surface area contributed by atoms with Crippen molar-refractivity contribution in [3.63, 3.8) is 0 Å². The van der Waals surface area contributed by atoms with Gasteiger partial charge in [0.25, 0.3) is 0 Å². The van der Waals surface area contributed by atoms with Crippen LogP contribution < -0.4 is 10.1 Å². The first-order valence-corrected chi connectivity index (χ1v) is 7.23. The van der Waals surface area contributed by atoms with Gasteiger partial charge in [-0.25, -0.2) is 0 Å². The summed E-state index contributed by atoms with van der Waals surface area (Å²) in [7, 11) is 0. The molecule has 0 fully saturated rings. The van der Waals surface area contributed by atoms with Crippen molar-refractivity contribution in [1.82, 2.24) is 0 Å². The van der Waals surface area contributed by atoms with Gasteiger partial charge < -0.3 is 15.2 Å². The molecule has 0 amide bonds. The second-order valence-electron chi connectivity index (χ2n) is 5.48. The zero-order chi connectivity index (χ0) is 15.2. The Bertz CT molecular complexity index is 596. The Hall–Kier alpha value is -2.00. The molecular weight excluding hydrogens is 262 g/mol. The van der Waals surface area contributed by atoms with Gasteiger partial charge in [0.1, 0.15) is 18.5 Å². The lowest BCUT2D eigenvalue weighted by atomic mass is 10.1. The molecule has 0 saturated carbocycles. The van der Waals surface area contributed by atoms with Crippen LogP contribution in [-0.4, -0.2) is 24.4 Å². The van der Waals surface area contributed by atoms with Gasteiger partial charge in [-0.15, -0.1) is 0 Å². The molecule has 0 aliphatic heterocycles. The van der Waals surface area contributed by atoms with E-state index in [-0.39, 0.29) is 6.61 Å². The highest BCUT2D eigenvalue weighted by molar-refractivity contribution is 5.45. The topological polar surface area (TPSA) is 41.5 Å². The molecule has 0 saturated heterocycles. The largest absolute Gasteiger partial charge is 0.491 e. The summed E-state index contributed by atoms with van der Waals surface area (Å²) < 4.78 is 5.68. The number of hydrogen-bond donors (Lipinski definition) is 2. The zero-order valence-corrected chi connectivity index (χ0v) is 12.9. The average Bonchev–Trinajstić information content (AvgIpc) is 2.44. The second kappa shape index (κ2) is 7.14. The van der Waals surface area contributed by atoms with E-state index in [9.17, 15) is 5.11 Å². The van der Waals surface area contributed by atoms with Crippen LogP contribution in [0.5, 0.6) is 5.75 Å². The van der Waals surface area contributed by atoms with E-state index in [1.807, 2.05) is 44.2 Å². The molecule has 1 atom stereocenters. The quantitative estimate of drug-likeness (QED) is 0.854. The highest BCUT2D eigenvalue weighted by Crippen LogP contribution is 2.18. The molecule has 0 radical (unpaired) electrons. The number of anilines is 1. The Morgan fingerprint density at radius 1 is 1.05 bits per heavy atom. The average molecular weight is 285 g/mol. The number of ether oxygens (including phenoxy) is 1. The maximum absolute atomic E-state index is 10.00.